The highest BCUT2D eigenvalue weighted by molar-refractivity contribution is 7.89. The van der Waals surface area contributed by atoms with E-state index in [-0.39, 0.29) is 12.6 Å². The molecule has 30 heavy (non-hydrogen) atoms. The minimum atomic E-state index is -4.10. The molecule has 1 fully saturated rings. The molecule has 0 radical (unpaired) electrons. The van der Waals surface area contributed by atoms with Gasteiger partial charge in [0.15, 0.2) is 4.90 Å². The molecule has 1 N–H and O–H groups in total. The van der Waals surface area contributed by atoms with E-state index < -0.39 is 26.2 Å². The molecule has 1 aromatic carbocycles. The third kappa shape index (κ3) is 4.66. The number of nitrogens with zero attached hydrogens (tertiary/aromatic N) is 3. The van der Waals surface area contributed by atoms with Gasteiger partial charge in [-0.1, -0.05) is 18.6 Å². The van der Waals surface area contributed by atoms with Gasteiger partial charge in [0, 0.05) is 32.9 Å². The Bertz CT molecular complexity index is 1100. The third-order valence-electron chi connectivity index (χ3n) is 5.50. The largest absolute Gasteiger partial charge is 0.497 e. The monoisotopic (exact) mass is 436 g/mol. The fraction of sp³-hybridized carbons (Fsp3) is 0.500. The Kier molecular flexibility index (Phi) is 6.79. The molecule has 1 saturated heterocycles. The molecule has 2 aromatic rings. The summed E-state index contributed by atoms with van der Waals surface area (Å²) in [7, 11) is 0.167. The smallest absolute Gasteiger partial charge is 0.330 e. The fourth-order valence-corrected chi connectivity index (χ4v) is 4.94. The molecule has 0 aliphatic carbocycles. The lowest BCUT2D eigenvalue weighted by molar-refractivity contribution is 0.164. The van der Waals surface area contributed by atoms with E-state index >= 15 is 0 Å². The number of aryl methyl sites for hydroxylation is 1. The number of aromatic nitrogens is 2. The van der Waals surface area contributed by atoms with Crippen LogP contribution in [0.15, 0.2) is 44.9 Å². The van der Waals surface area contributed by atoms with Crippen molar-refractivity contribution in [2.45, 2.75) is 30.2 Å². The molecule has 0 amide bonds. The lowest BCUT2D eigenvalue weighted by Gasteiger charge is -2.35. The molecule has 0 spiro atoms. The number of hydrogen-bond donors (Lipinski definition) is 1. The number of likely N-dealkylation sites (tertiary alicyclic amines) is 1. The highest BCUT2D eigenvalue weighted by Gasteiger charge is 2.27. The van der Waals surface area contributed by atoms with Gasteiger partial charge in [0.2, 0.25) is 10.0 Å². The second-order valence-electron chi connectivity index (χ2n) is 7.49. The number of benzene rings is 1. The van der Waals surface area contributed by atoms with Crippen LogP contribution in [0.4, 0.5) is 0 Å². The molecule has 0 unspecified atom stereocenters. The molecule has 2 heterocycles. The highest BCUT2D eigenvalue weighted by atomic mass is 32.2. The Morgan fingerprint density at radius 2 is 1.70 bits per heavy atom. The quantitative estimate of drug-likeness (QED) is 0.682. The zero-order valence-electron chi connectivity index (χ0n) is 17.5. The summed E-state index contributed by atoms with van der Waals surface area (Å²) in [5, 5.41) is 0. The molecule has 1 aromatic heterocycles. The fourth-order valence-electron chi connectivity index (χ4n) is 3.74. The topological polar surface area (TPSA) is 103 Å². The maximum atomic E-state index is 12.9. The first kappa shape index (κ1) is 22.3. The summed E-state index contributed by atoms with van der Waals surface area (Å²) in [6.07, 6.45) is 4.34. The van der Waals surface area contributed by atoms with Crippen LogP contribution in [0.1, 0.15) is 30.9 Å². The van der Waals surface area contributed by atoms with Crippen molar-refractivity contribution in [3.63, 3.8) is 0 Å². The van der Waals surface area contributed by atoms with E-state index in [2.05, 4.69) is 9.62 Å². The van der Waals surface area contributed by atoms with Crippen molar-refractivity contribution >= 4 is 10.0 Å². The van der Waals surface area contributed by atoms with Gasteiger partial charge in [-0.05, 0) is 43.6 Å². The predicted octanol–water partition coefficient (Wildman–Crippen LogP) is 0.598. The zero-order valence-corrected chi connectivity index (χ0v) is 18.3. The Morgan fingerprint density at radius 3 is 2.30 bits per heavy atom. The van der Waals surface area contributed by atoms with Gasteiger partial charge in [-0.15, -0.1) is 0 Å². The zero-order chi connectivity index (χ0) is 21.9. The van der Waals surface area contributed by atoms with Crippen molar-refractivity contribution < 1.29 is 13.2 Å². The van der Waals surface area contributed by atoms with Crippen LogP contribution in [0, 0.1) is 0 Å². The van der Waals surface area contributed by atoms with Gasteiger partial charge in [-0.25, -0.2) is 17.9 Å². The van der Waals surface area contributed by atoms with Crippen LogP contribution in [-0.2, 0) is 24.1 Å². The number of ether oxygens (including phenoxy) is 1. The first-order valence-corrected chi connectivity index (χ1v) is 11.4. The maximum absolute atomic E-state index is 12.9. The van der Waals surface area contributed by atoms with Crippen molar-refractivity contribution in [2.24, 2.45) is 14.1 Å². The lowest BCUT2D eigenvalue weighted by atomic mass is 10.0. The average molecular weight is 437 g/mol. The summed E-state index contributed by atoms with van der Waals surface area (Å²) in [6.45, 7) is 1.86. The summed E-state index contributed by atoms with van der Waals surface area (Å²) in [5.74, 6) is 0.727. The summed E-state index contributed by atoms with van der Waals surface area (Å²) in [4.78, 5) is 26.1. The number of rotatable bonds is 7. The molecule has 1 aliphatic heterocycles. The summed E-state index contributed by atoms with van der Waals surface area (Å²) in [5.41, 5.74) is -0.457. The van der Waals surface area contributed by atoms with Crippen molar-refractivity contribution in [2.75, 3.05) is 26.7 Å². The minimum absolute atomic E-state index is 0.112. The molecule has 1 aliphatic rings. The number of piperidine rings is 1. The molecular formula is C20H28N4O5S. The SMILES string of the molecule is COc1ccc([C@H](CNS(=O)(=O)c2cn(C)c(=O)n(C)c2=O)N2CCCCC2)cc1. The van der Waals surface area contributed by atoms with Crippen LogP contribution in [0.25, 0.3) is 0 Å². The van der Waals surface area contributed by atoms with Crippen molar-refractivity contribution in [1.29, 1.82) is 0 Å². The van der Waals surface area contributed by atoms with E-state index in [1.165, 1.54) is 14.1 Å². The second-order valence-corrected chi connectivity index (χ2v) is 9.22. The van der Waals surface area contributed by atoms with Gasteiger partial charge in [0.05, 0.1) is 7.11 Å². The van der Waals surface area contributed by atoms with Gasteiger partial charge >= 0.3 is 5.69 Å². The number of methoxy groups -OCH3 is 1. The first-order chi connectivity index (χ1) is 14.2. The van der Waals surface area contributed by atoms with E-state index in [1.807, 2.05) is 24.3 Å². The molecule has 0 saturated carbocycles. The van der Waals surface area contributed by atoms with Gasteiger partial charge in [0.1, 0.15) is 5.75 Å². The highest BCUT2D eigenvalue weighted by Crippen LogP contribution is 2.26. The summed E-state index contributed by atoms with van der Waals surface area (Å²) >= 11 is 0. The van der Waals surface area contributed by atoms with Gasteiger partial charge in [-0.2, -0.15) is 0 Å². The Balaban J connectivity index is 1.89. The van der Waals surface area contributed by atoms with Crippen molar-refractivity contribution in [3.8, 4) is 5.75 Å². The minimum Gasteiger partial charge on any atom is -0.497 e. The molecule has 1 atom stereocenters. The van der Waals surface area contributed by atoms with Crippen LogP contribution in [0.5, 0.6) is 5.75 Å². The van der Waals surface area contributed by atoms with Crippen LogP contribution < -0.4 is 20.7 Å². The van der Waals surface area contributed by atoms with E-state index in [4.69, 9.17) is 4.74 Å². The van der Waals surface area contributed by atoms with Crippen LogP contribution in [0.2, 0.25) is 0 Å². The summed E-state index contributed by atoms with van der Waals surface area (Å²) in [6, 6.07) is 7.38. The second kappa shape index (κ2) is 9.15. The van der Waals surface area contributed by atoms with E-state index in [0.29, 0.717) is 0 Å². The number of sulfonamides is 1. The molecule has 9 nitrogen and oxygen atoms in total. The van der Waals surface area contributed by atoms with Crippen molar-refractivity contribution in [1.82, 2.24) is 18.8 Å². The maximum Gasteiger partial charge on any atom is 0.330 e. The average Bonchev–Trinajstić information content (AvgIpc) is 2.76. The molecule has 3 rings (SSSR count). The first-order valence-electron chi connectivity index (χ1n) is 9.89. The van der Waals surface area contributed by atoms with Crippen LogP contribution in [0.3, 0.4) is 0 Å². The number of hydrogen-bond acceptors (Lipinski definition) is 6. The van der Waals surface area contributed by atoms with Crippen LogP contribution >= 0.6 is 0 Å². The standard InChI is InChI=1S/C20H28N4O5S/c1-22-14-18(19(25)23(2)20(22)26)30(27,28)21-13-17(24-11-5-4-6-12-24)15-7-9-16(29-3)10-8-15/h7-10,14,17,21H,4-6,11-13H2,1-3H3/t17-/m0/s1. The molecule has 164 valence electrons. The normalized spacial score (nSPS) is 16.4. The van der Waals surface area contributed by atoms with Gasteiger partial charge in [0.25, 0.3) is 5.56 Å². The Hall–Kier alpha value is -2.43. The van der Waals surface area contributed by atoms with E-state index in [0.717, 1.165) is 59.0 Å². The predicted molar refractivity (Wildman–Crippen MR) is 113 cm³/mol. The lowest BCUT2D eigenvalue weighted by Crippen LogP contribution is -2.44. The van der Waals surface area contributed by atoms with E-state index in [9.17, 15) is 18.0 Å². The van der Waals surface area contributed by atoms with Gasteiger partial charge < -0.3 is 9.30 Å². The van der Waals surface area contributed by atoms with Crippen molar-refractivity contribution in [3.05, 3.63) is 56.9 Å². The molecule has 10 heteroatoms. The summed E-state index contributed by atoms with van der Waals surface area (Å²) < 4.78 is 35.5. The number of nitrogens with one attached hydrogen (secondary N) is 1. The molecule has 0 bridgehead atoms. The Labute approximate surface area is 175 Å². The Morgan fingerprint density at radius 1 is 1.07 bits per heavy atom. The van der Waals surface area contributed by atoms with E-state index in [1.54, 1.807) is 7.11 Å². The third-order valence-corrected chi connectivity index (χ3v) is 6.91. The molecular weight excluding hydrogens is 408 g/mol. The van der Waals surface area contributed by atoms with Gasteiger partial charge in [-0.3, -0.25) is 14.3 Å². The van der Waals surface area contributed by atoms with Crippen LogP contribution in [-0.4, -0.2) is 49.2 Å².